The Labute approximate surface area is 87.3 Å². The summed E-state index contributed by atoms with van der Waals surface area (Å²) in [6.45, 7) is 2.56. The standard InChI is InChI=1S/C9H14N2O2S/c1-8(9(12)13)7-14-6-5-11-4-2-3-10-11/h2-4,8H,5-7H2,1H3,(H,12,13). The molecule has 1 rings (SSSR count). The number of hydrogen-bond acceptors (Lipinski definition) is 3. The van der Waals surface area contributed by atoms with Crippen LogP contribution in [-0.2, 0) is 11.3 Å². The van der Waals surface area contributed by atoms with Gasteiger partial charge in [-0.3, -0.25) is 9.48 Å². The van der Waals surface area contributed by atoms with Crippen molar-refractivity contribution in [2.75, 3.05) is 11.5 Å². The second-order valence-electron chi connectivity index (χ2n) is 3.08. The molecule has 1 atom stereocenters. The molecule has 0 aliphatic heterocycles. The molecule has 0 aliphatic carbocycles. The Hall–Kier alpha value is -0.970. The van der Waals surface area contributed by atoms with E-state index in [1.54, 1.807) is 24.9 Å². The van der Waals surface area contributed by atoms with Crippen LogP contribution in [0.5, 0.6) is 0 Å². The molecule has 0 radical (unpaired) electrons. The first-order chi connectivity index (χ1) is 6.70. The van der Waals surface area contributed by atoms with Gasteiger partial charge < -0.3 is 5.11 Å². The van der Waals surface area contributed by atoms with Crippen LogP contribution in [0.4, 0.5) is 0 Å². The number of carboxylic acid groups (broad SMARTS) is 1. The molecular formula is C9H14N2O2S. The van der Waals surface area contributed by atoms with Crippen molar-refractivity contribution in [1.82, 2.24) is 9.78 Å². The number of rotatable bonds is 6. The van der Waals surface area contributed by atoms with Crippen LogP contribution in [0.1, 0.15) is 6.92 Å². The summed E-state index contributed by atoms with van der Waals surface area (Å²) in [4.78, 5) is 10.5. The van der Waals surface area contributed by atoms with Crippen molar-refractivity contribution < 1.29 is 9.90 Å². The number of aliphatic carboxylic acids is 1. The maximum atomic E-state index is 10.5. The Morgan fingerprint density at radius 2 is 2.50 bits per heavy atom. The number of aryl methyl sites for hydroxylation is 1. The van der Waals surface area contributed by atoms with E-state index in [0.717, 1.165) is 12.3 Å². The molecule has 5 heteroatoms. The Morgan fingerprint density at radius 3 is 3.07 bits per heavy atom. The topological polar surface area (TPSA) is 55.1 Å². The molecule has 0 spiro atoms. The molecule has 1 heterocycles. The van der Waals surface area contributed by atoms with Crippen molar-refractivity contribution in [2.45, 2.75) is 13.5 Å². The lowest BCUT2D eigenvalue weighted by atomic mass is 10.2. The lowest BCUT2D eigenvalue weighted by molar-refractivity contribution is -0.140. The van der Waals surface area contributed by atoms with Crippen LogP contribution in [0.15, 0.2) is 18.5 Å². The SMILES string of the molecule is CC(CSCCn1cccn1)C(=O)O. The van der Waals surface area contributed by atoms with Crippen molar-refractivity contribution in [3.8, 4) is 0 Å². The Morgan fingerprint density at radius 1 is 1.71 bits per heavy atom. The Kier molecular flexibility index (Phi) is 4.52. The highest BCUT2D eigenvalue weighted by Crippen LogP contribution is 2.08. The van der Waals surface area contributed by atoms with Gasteiger partial charge in [-0.15, -0.1) is 0 Å². The number of aromatic nitrogens is 2. The summed E-state index contributed by atoms with van der Waals surface area (Å²) in [6.07, 6.45) is 3.64. The first-order valence-corrected chi connectivity index (χ1v) is 5.63. The van der Waals surface area contributed by atoms with Crippen molar-refractivity contribution in [3.63, 3.8) is 0 Å². The number of carboxylic acids is 1. The smallest absolute Gasteiger partial charge is 0.307 e. The molecule has 0 fully saturated rings. The minimum Gasteiger partial charge on any atom is -0.481 e. The summed E-state index contributed by atoms with van der Waals surface area (Å²) in [5, 5.41) is 12.7. The molecule has 1 aromatic rings. The zero-order valence-corrected chi connectivity index (χ0v) is 8.91. The van der Waals surface area contributed by atoms with Crippen LogP contribution in [-0.4, -0.2) is 32.4 Å². The lowest BCUT2D eigenvalue weighted by Crippen LogP contribution is -2.12. The van der Waals surface area contributed by atoms with Crippen LogP contribution in [0.25, 0.3) is 0 Å². The van der Waals surface area contributed by atoms with Crippen LogP contribution >= 0.6 is 11.8 Å². The first kappa shape index (κ1) is 11.1. The summed E-state index contributed by atoms with van der Waals surface area (Å²) in [7, 11) is 0. The highest BCUT2D eigenvalue weighted by molar-refractivity contribution is 7.99. The zero-order valence-electron chi connectivity index (χ0n) is 8.09. The van der Waals surface area contributed by atoms with Crippen molar-refractivity contribution >= 4 is 17.7 Å². The molecule has 0 aromatic carbocycles. The van der Waals surface area contributed by atoms with Crippen LogP contribution < -0.4 is 0 Å². The fourth-order valence-corrected chi connectivity index (χ4v) is 1.90. The second kappa shape index (κ2) is 5.70. The summed E-state index contributed by atoms with van der Waals surface area (Å²) < 4.78 is 1.85. The molecule has 0 amide bonds. The van der Waals surface area contributed by atoms with E-state index in [1.807, 2.05) is 16.9 Å². The van der Waals surface area contributed by atoms with Crippen molar-refractivity contribution in [2.24, 2.45) is 5.92 Å². The molecule has 78 valence electrons. The van der Waals surface area contributed by atoms with E-state index in [-0.39, 0.29) is 5.92 Å². The third-order valence-corrected chi connectivity index (χ3v) is 3.02. The molecule has 0 saturated carbocycles. The van der Waals surface area contributed by atoms with Gasteiger partial charge in [0.1, 0.15) is 0 Å². The molecule has 14 heavy (non-hydrogen) atoms. The molecule has 4 nitrogen and oxygen atoms in total. The minimum absolute atomic E-state index is 0.266. The van der Waals surface area contributed by atoms with Crippen LogP contribution in [0, 0.1) is 5.92 Å². The molecular weight excluding hydrogens is 200 g/mol. The third-order valence-electron chi connectivity index (χ3n) is 1.81. The summed E-state index contributed by atoms with van der Waals surface area (Å²) in [5.74, 6) is 0.574. The van der Waals surface area contributed by atoms with Gasteiger partial charge >= 0.3 is 5.97 Å². The molecule has 1 N–H and O–H groups in total. The van der Waals surface area contributed by atoms with E-state index >= 15 is 0 Å². The summed E-state index contributed by atoms with van der Waals surface area (Å²) >= 11 is 1.65. The Bertz CT molecular complexity index is 274. The van der Waals surface area contributed by atoms with Gasteiger partial charge in [-0.05, 0) is 6.07 Å². The van der Waals surface area contributed by atoms with Crippen molar-refractivity contribution in [3.05, 3.63) is 18.5 Å². The monoisotopic (exact) mass is 214 g/mol. The van der Waals surface area contributed by atoms with E-state index in [1.165, 1.54) is 0 Å². The van der Waals surface area contributed by atoms with Gasteiger partial charge in [-0.1, -0.05) is 6.92 Å². The fraction of sp³-hybridized carbons (Fsp3) is 0.556. The largest absolute Gasteiger partial charge is 0.481 e. The van der Waals surface area contributed by atoms with E-state index in [9.17, 15) is 4.79 Å². The van der Waals surface area contributed by atoms with E-state index in [4.69, 9.17) is 5.11 Å². The highest BCUT2D eigenvalue weighted by atomic mass is 32.2. The summed E-state index contributed by atoms with van der Waals surface area (Å²) in [6, 6.07) is 1.88. The normalized spacial score (nSPS) is 12.6. The van der Waals surface area contributed by atoms with Crippen LogP contribution in [0.3, 0.4) is 0 Å². The highest BCUT2D eigenvalue weighted by Gasteiger charge is 2.09. The number of carbonyl (C=O) groups is 1. The lowest BCUT2D eigenvalue weighted by Gasteiger charge is -2.05. The third kappa shape index (κ3) is 3.83. The minimum atomic E-state index is -0.725. The number of nitrogens with zero attached hydrogens (tertiary/aromatic N) is 2. The van der Waals surface area contributed by atoms with Crippen LogP contribution in [0.2, 0.25) is 0 Å². The average Bonchev–Trinajstić information content (AvgIpc) is 2.64. The van der Waals surface area contributed by atoms with Gasteiger partial charge in [0.25, 0.3) is 0 Å². The maximum Gasteiger partial charge on any atom is 0.307 e. The van der Waals surface area contributed by atoms with Gasteiger partial charge in [-0.25, -0.2) is 0 Å². The maximum absolute atomic E-state index is 10.5. The number of hydrogen-bond donors (Lipinski definition) is 1. The average molecular weight is 214 g/mol. The van der Waals surface area contributed by atoms with Gasteiger partial charge in [0, 0.05) is 30.4 Å². The quantitative estimate of drug-likeness (QED) is 0.726. The molecule has 1 unspecified atom stereocenters. The molecule has 0 aliphatic rings. The van der Waals surface area contributed by atoms with E-state index in [2.05, 4.69) is 5.10 Å². The molecule has 0 saturated heterocycles. The van der Waals surface area contributed by atoms with Gasteiger partial charge in [0.2, 0.25) is 0 Å². The number of thioether (sulfide) groups is 1. The molecule has 1 aromatic heterocycles. The predicted octanol–water partition coefficient (Wildman–Crippen LogP) is 1.34. The first-order valence-electron chi connectivity index (χ1n) is 4.48. The predicted molar refractivity (Wildman–Crippen MR) is 56.4 cm³/mol. The van der Waals surface area contributed by atoms with E-state index in [0.29, 0.717) is 5.75 Å². The Balaban J connectivity index is 2.08. The fourth-order valence-electron chi connectivity index (χ4n) is 0.922. The van der Waals surface area contributed by atoms with Gasteiger partial charge in [0.15, 0.2) is 0 Å². The summed E-state index contributed by atoms with van der Waals surface area (Å²) in [5.41, 5.74) is 0. The molecule has 0 bridgehead atoms. The second-order valence-corrected chi connectivity index (χ2v) is 4.23. The van der Waals surface area contributed by atoms with Crippen molar-refractivity contribution in [1.29, 1.82) is 0 Å². The van der Waals surface area contributed by atoms with Gasteiger partial charge in [-0.2, -0.15) is 16.9 Å². The zero-order chi connectivity index (χ0) is 10.4. The van der Waals surface area contributed by atoms with E-state index < -0.39 is 5.97 Å². The van der Waals surface area contributed by atoms with Gasteiger partial charge in [0.05, 0.1) is 5.92 Å².